The molecule has 8 nitrogen and oxygen atoms in total. The Labute approximate surface area is 274 Å². The minimum Gasteiger partial charge on any atom is -0.850 e. The fourth-order valence-corrected chi connectivity index (χ4v) is 4.50. The number of imidazole rings is 1. The molecule has 196 valence electrons. The van der Waals surface area contributed by atoms with Crippen molar-refractivity contribution in [2.24, 2.45) is 0 Å². The smallest absolute Gasteiger partial charge is 0.850 e. The van der Waals surface area contributed by atoms with Gasteiger partial charge in [0.1, 0.15) is 11.5 Å². The monoisotopic (exact) mass is 585 g/mol. The van der Waals surface area contributed by atoms with E-state index in [2.05, 4.69) is 15.6 Å². The Morgan fingerprint density at radius 2 is 1.76 bits per heavy atom. The summed E-state index contributed by atoms with van der Waals surface area (Å²) in [7, 11) is 0. The van der Waals surface area contributed by atoms with Crippen LogP contribution in [-0.4, -0.2) is 37.9 Å². The number of fused-ring (bicyclic) bond motifs is 1. The molecule has 0 atom stereocenters. The van der Waals surface area contributed by atoms with E-state index >= 15 is 0 Å². The van der Waals surface area contributed by atoms with E-state index in [9.17, 15) is 19.1 Å². The molecule has 38 heavy (non-hydrogen) atoms. The molecule has 2 N–H and O–H groups in total. The van der Waals surface area contributed by atoms with Crippen LogP contribution >= 0.6 is 24.8 Å². The van der Waals surface area contributed by atoms with Crippen molar-refractivity contribution in [1.82, 2.24) is 24.6 Å². The number of benzene rings is 1. The van der Waals surface area contributed by atoms with Crippen LogP contribution in [0.4, 0.5) is 4.39 Å². The molecule has 2 aliphatic heterocycles. The van der Waals surface area contributed by atoms with E-state index in [-0.39, 0.29) is 93.2 Å². The number of hydrogen-bond donors (Lipinski definition) is 2. The maximum Gasteiger partial charge on any atom is 1.00 e. The third-order valence-corrected chi connectivity index (χ3v) is 5.73. The summed E-state index contributed by atoms with van der Waals surface area (Å²) in [6, 6.07) is 8.46. The first-order valence-electron chi connectivity index (χ1n) is 11.4. The first kappa shape index (κ1) is 32.6. The molecule has 4 aromatic rings. The molecule has 0 unspecified atom stereocenters. The predicted molar refractivity (Wildman–Crippen MR) is 143 cm³/mol. The molecule has 2 aliphatic rings. The average Bonchev–Trinajstić information content (AvgIpc) is 3.37. The van der Waals surface area contributed by atoms with Crippen LogP contribution in [0.5, 0.6) is 0 Å². The van der Waals surface area contributed by atoms with Gasteiger partial charge in [0.25, 0.3) is 11.8 Å². The van der Waals surface area contributed by atoms with Gasteiger partial charge in [-0.25, -0.2) is 9.37 Å². The fraction of sp³-hybridized carbons (Fsp3) is 0.269. The van der Waals surface area contributed by atoms with Crippen LogP contribution in [0.1, 0.15) is 37.6 Å². The Balaban J connectivity index is 0.000000585. The van der Waals surface area contributed by atoms with Crippen molar-refractivity contribution in [3.05, 3.63) is 71.6 Å². The number of nitrogens with zero attached hydrogens (tertiary/aromatic N) is 3. The SMILES string of the molecule is CC(C)(C)[O-].Cl.Cl.O=C1NC(=O)C(c2cnc3ccccn23)=C1c1cn2c3c(cc(F)cc13)CNCC2.[K+]. The molecule has 2 amide bonds. The van der Waals surface area contributed by atoms with Gasteiger partial charge in [-0.1, -0.05) is 26.8 Å². The minimum absolute atomic E-state index is 0. The number of imide groups is 1. The number of amides is 2. The number of pyridine rings is 1. The number of nitrogens with one attached hydrogen (secondary N) is 2. The van der Waals surface area contributed by atoms with Gasteiger partial charge in [0.2, 0.25) is 0 Å². The summed E-state index contributed by atoms with van der Waals surface area (Å²) < 4.78 is 18.2. The zero-order chi connectivity index (χ0) is 24.9. The summed E-state index contributed by atoms with van der Waals surface area (Å²) in [4.78, 5) is 30.0. The van der Waals surface area contributed by atoms with Crippen molar-refractivity contribution in [3.8, 4) is 0 Å². The van der Waals surface area contributed by atoms with Crippen LogP contribution in [0.2, 0.25) is 0 Å². The van der Waals surface area contributed by atoms with Crippen LogP contribution < -0.4 is 67.1 Å². The molecule has 0 radical (unpaired) electrons. The van der Waals surface area contributed by atoms with E-state index in [4.69, 9.17) is 0 Å². The summed E-state index contributed by atoms with van der Waals surface area (Å²) in [5.74, 6) is -1.34. The standard InChI is InChI=1S/C22H16FN5O2.C4H9O.2ClH.K/c23-13-7-12-9-24-4-6-27-11-15(14(8-13)20(12)27)18-19(22(30)26-21(18)29)16-10-25-17-3-1-2-5-28(16)17;1-4(2,3)5;;;/h1-3,5,7-8,10-11,24H,4,6,9H2,(H,26,29,30);1-3H3;2*1H;/q;-1;;;+1. The van der Waals surface area contributed by atoms with Gasteiger partial charge in [0.15, 0.2) is 0 Å². The second-order valence-corrected chi connectivity index (χ2v) is 9.59. The molecule has 1 aromatic carbocycles. The maximum absolute atomic E-state index is 14.4. The van der Waals surface area contributed by atoms with Crippen molar-refractivity contribution >= 4 is 64.3 Å². The maximum atomic E-state index is 14.4. The van der Waals surface area contributed by atoms with Gasteiger partial charge in [-0.05, 0) is 29.8 Å². The van der Waals surface area contributed by atoms with Crippen LogP contribution in [0.15, 0.2) is 48.9 Å². The van der Waals surface area contributed by atoms with Crippen LogP contribution in [0.3, 0.4) is 0 Å². The van der Waals surface area contributed by atoms with Crippen LogP contribution in [-0.2, 0) is 22.7 Å². The van der Waals surface area contributed by atoms with Gasteiger partial charge in [-0.15, -0.1) is 30.4 Å². The molecular formula is C26H27Cl2FKN5O3. The molecule has 5 heterocycles. The second-order valence-electron chi connectivity index (χ2n) is 9.59. The Morgan fingerprint density at radius 1 is 1.08 bits per heavy atom. The quantitative estimate of drug-likeness (QED) is 0.256. The molecule has 0 bridgehead atoms. The predicted octanol–water partition coefficient (Wildman–Crippen LogP) is 0.0913. The number of rotatable bonds is 2. The molecule has 3 aromatic heterocycles. The van der Waals surface area contributed by atoms with E-state index < -0.39 is 17.4 Å². The number of hydrogen-bond acceptors (Lipinski definition) is 5. The third-order valence-electron chi connectivity index (χ3n) is 5.73. The first-order valence-corrected chi connectivity index (χ1v) is 11.4. The molecule has 0 fully saturated rings. The van der Waals surface area contributed by atoms with Crippen molar-refractivity contribution in [2.75, 3.05) is 6.54 Å². The zero-order valence-electron chi connectivity index (χ0n) is 21.5. The molecule has 6 rings (SSSR count). The second kappa shape index (κ2) is 12.7. The summed E-state index contributed by atoms with van der Waals surface area (Å²) in [6.45, 7) is 6.85. The van der Waals surface area contributed by atoms with E-state index in [1.54, 1.807) is 37.6 Å². The number of aromatic nitrogens is 3. The molecule has 12 heteroatoms. The van der Waals surface area contributed by atoms with Crippen LogP contribution in [0, 0.1) is 5.82 Å². The van der Waals surface area contributed by atoms with E-state index in [0.717, 1.165) is 17.6 Å². The molecule has 0 aliphatic carbocycles. The Hall–Kier alpha value is -1.60. The molecule has 0 saturated heterocycles. The summed E-state index contributed by atoms with van der Waals surface area (Å²) in [5, 5.41) is 16.4. The van der Waals surface area contributed by atoms with Gasteiger partial charge in [-0.3, -0.25) is 19.3 Å². The van der Waals surface area contributed by atoms with Crippen molar-refractivity contribution in [2.45, 2.75) is 39.5 Å². The zero-order valence-corrected chi connectivity index (χ0v) is 26.3. The topological polar surface area (TPSA) is 103 Å². The summed E-state index contributed by atoms with van der Waals surface area (Å²) in [6.07, 6.45) is 5.22. The normalized spacial score (nSPS) is 14.7. The summed E-state index contributed by atoms with van der Waals surface area (Å²) >= 11 is 0. The Morgan fingerprint density at radius 3 is 2.47 bits per heavy atom. The largest absolute Gasteiger partial charge is 1.00 e. The number of halogens is 3. The van der Waals surface area contributed by atoms with Gasteiger partial charge in [0, 0.05) is 43.0 Å². The van der Waals surface area contributed by atoms with E-state index in [0.29, 0.717) is 35.4 Å². The van der Waals surface area contributed by atoms with Gasteiger partial charge in [0.05, 0.1) is 28.6 Å². The van der Waals surface area contributed by atoms with Crippen molar-refractivity contribution < 1.29 is 70.5 Å². The summed E-state index contributed by atoms with van der Waals surface area (Å²) in [5.41, 5.74) is 3.21. The average molecular weight is 587 g/mol. The molecule has 0 saturated carbocycles. The van der Waals surface area contributed by atoms with E-state index in [1.807, 2.05) is 29.0 Å². The van der Waals surface area contributed by atoms with Crippen LogP contribution in [0.25, 0.3) is 27.7 Å². The van der Waals surface area contributed by atoms with Gasteiger partial charge in [-0.2, -0.15) is 0 Å². The Bertz CT molecular complexity index is 1540. The molecule has 0 spiro atoms. The van der Waals surface area contributed by atoms with Gasteiger partial charge < -0.3 is 15.0 Å². The van der Waals surface area contributed by atoms with Crippen molar-refractivity contribution in [3.63, 3.8) is 0 Å². The third kappa shape index (κ3) is 6.40. The fourth-order valence-electron chi connectivity index (χ4n) is 4.50. The van der Waals surface area contributed by atoms with Crippen molar-refractivity contribution in [1.29, 1.82) is 0 Å². The molecular weight excluding hydrogens is 559 g/mol. The minimum atomic E-state index is -0.750. The number of carbonyl (C=O) groups excluding carboxylic acids is 2. The Kier molecular flexibility index (Phi) is 10.9. The number of carbonyl (C=O) groups is 2. The van der Waals surface area contributed by atoms with E-state index in [1.165, 1.54) is 12.1 Å². The van der Waals surface area contributed by atoms with Gasteiger partial charge >= 0.3 is 51.4 Å². The first-order chi connectivity index (χ1) is 16.6.